The monoisotopic (exact) mass is 437 g/mol. The Hall–Kier alpha value is -4.14. The molecule has 0 saturated carbocycles. The second-order valence-corrected chi connectivity index (χ2v) is 7.09. The lowest BCUT2D eigenvalue weighted by molar-refractivity contribution is -0.141. The summed E-state index contributed by atoms with van der Waals surface area (Å²) in [6.45, 7) is -0.588. The number of nitrogens with zero attached hydrogens (tertiary/aromatic N) is 2. The van der Waals surface area contributed by atoms with Gasteiger partial charge in [-0.25, -0.2) is 4.79 Å². The molecular weight excluding hydrogens is 414 g/mol. The second-order valence-electron chi connectivity index (χ2n) is 7.09. The molecule has 32 heavy (non-hydrogen) atoms. The van der Waals surface area contributed by atoms with Crippen molar-refractivity contribution in [3.05, 3.63) is 92.1 Å². The van der Waals surface area contributed by atoms with Crippen molar-refractivity contribution >= 4 is 17.6 Å². The van der Waals surface area contributed by atoms with Crippen molar-refractivity contribution in [3.8, 4) is 5.75 Å². The van der Waals surface area contributed by atoms with Crippen LogP contribution < -0.4 is 21.7 Å². The molecule has 0 radical (unpaired) electrons. The van der Waals surface area contributed by atoms with Gasteiger partial charge in [-0.3, -0.25) is 23.5 Å². The van der Waals surface area contributed by atoms with E-state index in [9.17, 15) is 19.2 Å². The average Bonchev–Trinajstić information content (AvgIpc) is 2.80. The predicted molar refractivity (Wildman–Crippen MR) is 118 cm³/mol. The van der Waals surface area contributed by atoms with Crippen LogP contribution in [0.4, 0.5) is 5.82 Å². The summed E-state index contributed by atoms with van der Waals surface area (Å²) >= 11 is 0. The van der Waals surface area contributed by atoms with Crippen LogP contribution in [0.2, 0.25) is 0 Å². The van der Waals surface area contributed by atoms with Crippen LogP contribution in [-0.4, -0.2) is 34.6 Å². The van der Waals surface area contributed by atoms with E-state index in [1.807, 2.05) is 6.07 Å². The number of carbonyl (C=O) groups excluding carboxylic acids is 2. The van der Waals surface area contributed by atoms with Gasteiger partial charge in [0.25, 0.3) is 5.56 Å². The first-order valence-electron chi connectivity index (χ1n) is 9.76. The zero-order valence-corrected chi connectivity index (χ0v) is 17.7. The molecule has 166 valence electrons. The summed E-state index contributed by atoms with van der Waals surface area (Å²) in [7, 11) is 2.80. The molecule has 0 aliphatic carbocycles. The molecule has 0 spiro atoms. The molecule has 0 aliphatic heterocycles. The van der Waals surface area contributed by atoms with Crippen LogP contribution in [0.3, 0.4) is 0 Å². The van der Waals surface area contributed by atoms with E-state index in [0.717, 1.165) is 14.7 Å². The smallest absolute Gasteiger partial charge is 0.332 e. The number of aromatic nitrogens is 2. The summed E-state index contributed by atoms with van der Waals surface area (Å²) in [5.41, 5.74) is 5.60. The summed E-state index contributed by atoms with van der Waals surface area (Å²) in [5, 5.41) is 0. The lowest BCUT2D eigenvalue weighted by Crippen LogP contribution is -2.43. The van der Waals surface area contributed by atoms with Gasteiger partial charge in [0.2, 0.25) is 5.78 Å². The third-order valence-corrected chi connectivity index (χ3v) is 4.92. The fourth-order valence-electron chi connectivity index (χ4n) is 3.14. The van der Waals surface area contributed by atoms with Crippen LogP contribution in [0.1, 0.15) is 21.5 Å². The minimum Gasteiger partial charge on any atom is -0.497 e. The van der Waals surface area contributed by atoms with E-state index in [-0.39, 0.29) is 24.3 Å². The first-order valence-corrected chi connectivity index (χ1v) is 9.76. The van der Waals surface area contributed by atoms with Crippen molar-refractivity contribution in [2.45, 2.75) is 13.0 Å². The number of ketones is 1. The van der Waals surface area contributed by atoms with Crippen molar-refractivity contribution in [1.82, 2.24) is 9.13 Å². The van der Waals surface area contributed by atoms with Gasteiger partial charge in [0.05, 0.1) is 20.1 Å². The van der Waals surface area contributed by atoms with Crippen LogP contribution in [0, 0.1) is 0 Å². The van der Waals surface area contributed by atoms with Gasteiger partial charge in [0.1, 0.15) is 17.1 Å². The fourth-order valence-corrected chi connectivity index (χ4v) is 3.14. The number of nitrogens with two attached hydrogens (primary N) is 1. The second kappa shape index (κ2) is 9.78. The molecular formula is C23H23N3O6. The molecule has 0 fully saturated rings. The Morgan fingerprint density at radius 3 is 2.25 bits per heavy atom. The van der Waals surface area contributed by atoms with Gasteiger partial charge in [0.15, 0.2) is 6.61 Å². The molecule has 0 amide bonds. The molecule has 0 saturated heterocycles. The van der Waals surface area contributed by atoms with Crippen molar-refractivity contribution in [1.29, 1.82) is 0 Å². The van der Waals surface area contributed by atoms with E-state index >= 15 is 0 Å². The third kappa shape index (κ3) is 4.94. The minimum absolute atomic E-state index is 0.0573. The first kappa shape index (κ1) is 22.5. The van der Waals surface area contributed by atoms with Gasteiger partial charge < -0.3 is 15.2 Å². The van der Waals surface area contributed by atoms with Gasteiger partial charge in [-0.15, -0.1) is 0 Å². The van der Waals surface area contributed by atoms with Crippen LogP contribution in [0.5, 0.6) is 5.75 Å². The van der Waals surface area contributed by atoms with E-state index in [1.165, 1.54) is 14.2 Å². The number of rotatable bonds is 8. The lowest BCUT2D eigenvalue weighted by atomic mass is 10.1. The van der Waals surface area contributed by atoms with Gasteiger partial charge in [-0.1, -0.05) is 42.5 Å². The molecule has 2 N–H and O–H groups in total. The molecule has 0 atom stereocenters. The van der Waals surface area contributed by atoms with Crippen LogP contribution in [-0.2, 0) is 29.5 Å². The number of methoxy groups -OCH3 is 1. The Labute approximate surface area is 183 Å². The number of hydrogen-bond acceptors (Lipinski definition) is 7. The molecule has 3 aromatic rings. The maximum atomic E-state index is 12.7. The Kier molecular flexibility index (Phi) is 6.89. The summed E-state index contributed by atoms with van der Waals surface area (Å²) in [4.78, 5) is 49.9. The third-order valence-electron chi connectivity index (χ3n) is 4.92. The van der Waals surface area contributed by atoms with Crippen molar-refractivity contribution < 1.29 is 19.1 Å². The zero-order valence-electron chi connectivity index (χ0n) is 17.7. The molecule has 9 nitrogen and oxygen atoms in total. The number of esters is 1. The van der Waals surface area contributed by atoms with E-state index in [0.29, 0.717) is 11.3 Å². The Morgan fingerprint density at radius 1 is 0.969 bits per heavy atom. The van der Waals surface area contributed by atoms with Gasteiger partial charge in [-0.05, 0) is 23.3 Å². The van der Waals surface area contributed by atoms with E-state index in [4.69, 9.17) is 15.2 Å². The number of Topliss-reactive ketones (excluding diaryl/α,β-unsaturated/α-hetero) is 1. The number of hydrogen-bond donors (Lipinski definition) is 1. The quantitative estimate of drug-likeness (QED) is 0.414. The minimum atomic E-state index is -0.840. The topological polar surface area (TPSA) is 123 Å². The standard InChI is InChI=1S/C23H23N3O6/c1-25-22(29)20(21(24)26(23(25)30)13-16-6-4-3-5-7-16)18(27)14-32-19(28)12-15-8-10-17(31-2)11-9-15/h3-11H,12-14,24H2,1-2H3. The number of nitrogen functional groups attached to an aromatic ring is 1. The van der Waals surface area contributed by atoms with Crippen molar-refractivity contribution in [2.75, 3.05) is 19.5 Å². The maximum Gasteiger partial charge on any atom is 0.332 e. The Bertz CT molecular complexity index is 1240. The molecule has 9 heteroatoms. The number of ether oxygens (including phenoxy) is 2. The highest BCUT2D eigenvalue weighted by atomic mass is 16.5. The summed E-state index contributed by atoms with van der Waals surface area (Å²) < 4.78 is 12.1. The number of carbonyl (C=O) groups is 2. The molecule has 0 unspecified atom stereocenters. The first-order chi connectivity index (χ1) is 15.3. The molecule has 0 aliphatic rings. The Morgan fingerprint density at radius 2 is 1.62 bits per heavy atom. The predicted octanol–water partition coefficient (Wildman–Crippen LogP) is 1.15. The molecule has 1 heterocycles. The molecule has 0 bridgehead atoms. The zero-order chi connectivity index (χ0) is 23.3. The lowest BCUT2D eigenvalue weighted by Gasteiger charge is -2.14. The normalized spacial score (nSPS) is 10.6. The van der Waals surface area contributed by atoms with E-state index in [2.05, 4.69) is 0 Å². The van der Waals surface area contributed by atoms with Gasteiger partial charge in [-0.2, -0.15) is 0 Å². The summed E-state index contributed by atoms with van der Waals surface area (Å²) in [5.74, 6) is -1.04. The highest BCUT2D eigenvalue weighted by Crippen LogP contribution is 2.13. The summed E-state index contributed by atoms with van der Waals surface area (Å²) in [6.07, 6.45) is -0.0573. The summed E-state index contributed by atoms with van der Waals surface area (Å²) in [6, 6.07) is 15.8. The van der Waals surface area contributed by atoms with Crippen molar-refractivity contribution in [2.24, 2.45) is 7.05 Å². The highest BCUT2D eigenvalue weighted by Gasteiger charge is 2.22. The van der Waals surface area contributed by atoms with E-state index in [1.54, 1.807) is 48.5 Å². The van der Waals surface area contributed by atoms with Crippen LogP contribution in [0.25, 0.3) is 0 Å². The molecule has 3 rings (SSSR count). The SMILES string of the molecule is COc1ccc(CC(=O)OCC(=O)c2c(N)n(Cc3ccccc3)c(=O)n(C)c2=O)cc1. The number of anilines is 1. The van der Waals surface area contributed by atoms with Crippen LogP contribution >= 0.6 is 0 Å². The number of benzene rings is 2. The molecule has 1 aromatic heterocycles. The van der Waals surface area contributed by atoms with Gasteiger partial charge >= 0.3 is 11.7 Å². The Balaban J connectivity index is 1.77. The maximum absolute atomic E-state index is 12.7. The van der Waals surface area contributed by atoms with Gasteiger partial charge in [0, 0.05) is 7.05 Å². The van der Waals surface area contributed by atoms with Crippen LogP contribution in [0.15, 0.2) is 64.2 Å². The average molecular weight is 437 g/mol. The largest absolute Gasteiger partial charge is 0.497 e. The molecule has 2 aromatic carbocycles. The highest BCUT2D eigenvalue weighted by molar-refractivity contribution is 6.01. The van der Waals surface area contributed by atoms with Crippen molar-refractivity contribution in [3.63, 3.8) is 0 Å². The van der Waals surface area contributed by atoms with E-state index < -0.39 is 29.6 Å². The fraction of sp³-hybridized carbons (Fsp3) is 0.217.